The zero-order valence-corrected chi connectivity index (χ0v) is 12.5. The van der Waals surface area contributed by atoms with Crippen molar-refractivity contribution in [1.82, 2.24) is 0 Å². The van der Waals surface area contributed by atoms with Crippen LogP contribution < -0.4 is 0 Å². The quantitative estimate of drug-likeness (QED) is 0.342. The van der Waals surface area contributed by atoms with Gasteiger partial charge in [-0.25, -0.2) is 0 Å². The van der Waals surface area contributed by atoms with Crippen LogP contribution in [0.25, 0.3) is 0 Å². The Labute approximate surface area is 104 Å². The molecule has 0 nitrogen and oxygen atoms in total. The molecule has 88 valence electrons. The third-order valence-corrected chi connectivity index (χ3v) is 5.16. The van der Waals surface area contributed by atoms with Crippen molar-refractivity contribution in [2.24, 2.45) is 0 Å². The minimum absolute atomic E-state index is 0.703. The van der Waals surface area contributed by atoms with Gasteiger partial charge in [0.2, 0.25) is 0 Å². The van der Waals surface area contributed by atoms with Crippen molar-refractivity contribution in [3.8, 4) is 0 Å². The summed E-state index contributed by atoms with van der Waals surface area (Å²) >= 11 is 0.703. The maximum atomic E-state index is 2.47. The van der Waals surface area contributed by atoms with Gasteiger partial charge in [-0.1, -0.05) is 0 Å². The van der Waals surface area contributed by atoms with E-state index in [1.165, 1.54) is 51.4 Å². The molecule has 0 saturated heterocycles. The Morgan fingerprint density at radius 2 is 1.13 bits per heavy atom. The van der Waals surface area contributed by atoms with Crippen LogP contribution in [0.2, 0.25) is 9.56 Å². The van der Waals surface area contributed by atoms with Crippen molar-refractivity contribution in [1.29, 1.82) is 0 Å². The van der Waals surface area contributed by atoms with Crippen molar-refractivity contribution >= 4 is 15.2 Å². The van der Waals surface area contributed by atoms with Crippen LogP contribution in [0.5, 0.6) is 0 Å². The van der Waals surface area contributed by atoms with E-state index >= 15 is 0 Å². The Bertz CT molecular complexity index is 109. The van der Waals surface area contributed by atoms with E-state index in [1.54, 1.807) is 0 Å². The molecule has 1 heteroatoms. The van der Waals surface area contributed by atoms with Gasteiger partial charge in [-0.05, 0) is 0 Å². The predicted molar refractivity (Wildman–Crippen MR) is 72.9 cm³/mol. The molecule has 0 aromatic carbocycles. The number of rotatable bonds is 10. The maximum absolute atomic E-state index is 2.47. The molecule has 0 heterocycles. The zero-order chi connectivity index (χ0) is 11.5. The first-order valence-electron chi connectivity index (χ1n) is 7.05. The Hall–Kier alpha value is 0.532. The average Bonchev–Trinajstić information content (AvgIpc) is 2.18. The summed E-state index contributed by atoms with van der Waals surface area (Å²) in [6.07, 6.45) is 11.5. The van der Waals surface area contributed by atoms with E-state index in [9.17, 15) is 0 Å². The van der Waals surface area contributed by atoms with Crippen molar-refractivity contribution < 1.29 is 0 Å². The molecule has 0 aliphatic heterocycles. The standard InChI is InChI=1S/2C7H15.Al/c2*1-3-5-7-6-4-2;/h2*3H,4-7H2,1-2H3;/q;;+1. The van der Waals surface area contributed by atoms with E-state index in [1.807, 2.05) is 0 Å². The molecule has 0 spiro atoms. The van der Waals surface area contributed by atoms with Crippen LogP contribution in [-0.4, -0.2) is 15.2 Å². The van der Waals surface area contributed by atoms with Crippen LogP contribution in [0.1, 0.15) is 79.1 Å². The summed E-state index contributed by atoms with van der Waals surface area (Å²) in [4.78, 5) is 0. The molecular weight excluding hydrogens is 195 g/mol. The Kier molecular flexibility index (Phi) is 11.4. The van der Waals surface area contributed by atoms with E-state index in [4.69, 9.17) is 0 Å². The van der Waals surface area contributed by atoms with E-state index in [0.29, 0.717) is 15.2 Å². The normalized spacial score (nSPS) is 14.7. The SMILES string of the molecule is CCCCC[CH](C)[Al+][CH](C)CCCCC. The summed E-state index contributed by atoms with van der Waals surface area (Å²) < 4.78 is 2.07. The summed E-state index contributed by atoms with van der Waals surface area (Å²) in [5.74, 6) is 0. The van der Waals surface area contributed by atoms with E-state index in [0.717, 1.165) is 9.56 Å². The van der Waals surface area contributed by atoms with Gasteiger partial charge in [-0.15, -0.1) is 0 Å². The third-order valence-electron chi connectivity index (χ3n) is 3.18. The van der Waals surface area contributed by atoms with Crippen LogP contribution in [0.4, 0.5) is 0 Å². The molecule has 0 aliphatic carbocycles. The van der Waals surface area contributed by atoms with Crippen molar-refractivity contribution in [3.05, 3.63) is 0 Å². The molecular formula is C14H30Al+. The summed E-state index contributed by atoms with van der Waals surface area (Å²) in [6, 6.07) is 0. The second-order valence-electron chi connectivity index (χ2n) is 5.14. The zero-order valence-electron chi connectivity index (χ0n) is 11.4. The molecule has 0 rings (SSSR count). The first kappa shape index (κ1) is 15.5. The van der Waals surface area contributed by atoms with Crippen LogP contribution in [0, 0.1) is 0 Å². The van der Waals surface area contributed by atoms with Gasteiger partial charge in [0.25, 0.3) is 0 Å². The van der Waals surface area contributed by atoms with E-state index in [-0.39, 0.29) is 0 Å². The summed E-state index contributed by atoms with van der Waals surface area (Å²) in [6.45, 7) is 9.54. The molecule has 0 fully saturated rings. The van der Waals surface area contributed by atoms with Gasteiger partial charge in [0.15, 0.2) is 0 Å². The summed E-state index contributed by atoms with van der Waals surface area (Å²) in [7, 11) is 0. The Balaban J connectivity index is 3.35. The molecule has 0 saturated carbocycles. The first-order valence-corrected chi connectivity index (χ1v) is 8.39. The molecule has 0 aromatic rings. The van der Waals surface area contributed by atoms with Crippen LogP contribution in [0.15, 0.2) is 0 Å². The fourth-order valence-electron chi connectivity index (χ4n) is 2.19. The molecule has 0 amide bonds. The van der Waals surface area contributed by atoms with Crippen molar-refractivity contribution in [2.45, 2.75) is 88.6 Å². The van der Waals surface area contributed by atoms with Crippen LogP contribution in [0.3, 0.4) is 0 Å². The number of hydrogen-bond acceptors (Lipinski definition) is 0. The number of unbranched alkanes of at least 4 members (excludes halogenated alkanes) is 4. The summed E-state index contributed by atoms with van der Waals surface area (Å²) in [5, 5.41) is 0. The topological polar surface area (TPSA) is 0 Å². The van der Waals surface area contributed by atoms with E-state index in [2.05, 4.69) is 27.7 Å². The van der Waals surface area contributed by atoms with Gasteiger partial charge >= 0.3 is 104 Å². The van der Waals surface area contributed by atoms with Crippen molar-refractivity contribution in [3.63, 3.8) is 0 Å². The predicted octanol–water partition coefficient (Wildman–Crippen LogP) is 5.47. The molecule has 0 aliphatic rings. The molecule has 2 unspecified atom stereocenters. The second-order valence-corrected chi connectivity index (χ2v) is 7.80. The van der Waals surface area contributed by atoms with E-state index < -0.39 is 0 Å². The summed E-state index contributed by atoms with van der Waals surface area (Å²) in [5.41, 5.74) is 0. The fourth-order valence-corrected chi connectivity index (χ4v) is 4.16. The molecule has 0 N–H and O–H groups in total. The second kappa shape index (κ2) is 11.0. The fraction of sp³-hybridized carbons (Fsp3) is 1.00. The van der Waals surface area contributed by atoms with Gasteiger partial charge < -0.3 is 0 Å². The molecule has 0 radical (unpaired) electrons. The van der Waals surface area contributed by atoms with Gasteiger partial charge in [-0.3, -0.25) is 0 Å². The molecule has 0 bridgehead atoms. The molecule has 15 heavy (non-hydrogen) atoms. The first-order chi connectivity index (χ1) is 7.20. The minimum atomic E-state index is 0.703. The molecule has 2 atom stereocenters. The monoisotopic (exact) mass is 225 g/mol. The van der Waals surface area contributed by atoms with Gasteiger partial charge in [0, 0.05) is 0 Å². The third kappa shape index (κ3) is 10.8. The average molecular weight is 225 g/mol. The Morgan fingerprint density at radius 1 is 0.733 bits per heavy atom. The Morgan fingerprint density at radius 3 is 1.47 bits per heavy atom. The van der Waals surface area contributed by atoms with Crippen LogP contribution >= 0.6 is 0 Å². The van der Waals surface area contributed by atoms with Gasteiger partial charge in [0.1, 0.15) is 0 Å². The van der Waals surface area contributed by atoms with Gasteiger partial charge in [0.05, 0.1) is 0 Å². The number of hydrogen-bond donors (Lipinski definition) is 0. The molecule has 0 aromatic heterocycles. The van der Waals surface area contributed by atoms with Crippen molar-refractivity contribution in [2.75, 3.05) is 0 Å². The van der Waals surface area contributed by atoms with Gasteiger partial charge in [-0.2, -0.15) is 0 Å². The van der Waals surface area contributed by atoms with Crippen LogP contribution in [-0.2, 0) is 0 Å².